The van der Waals surface area contributed by atoms with E-state index >= 15 is 0 Å². The largest absolute Gasteiger partial charge is 0.330 e. The molecule has 7 nitrogen and oxygen atoms in total. The topological polar surface area (TPSA) is 73.4 Å². The molecule has 1 unspecified atom stereocenters. The molecule has 2 aliphatic heterocycles. The molecule has 1 atom stereocenters. The third-order valence-electron chi connectivity index (χ3n) is 4.56. The number of rotatable bonds is 2. The Hall–Kier alpha value is -2.71. The summed E-state index contributed by atoms with van der Waals surface area (Å²) >= 11 is 5.78. The quantitative estimate of drug-likeness (QED) is 0.840. The first-order valence-corrected chi connectivity index (χ1v) is 8.51. The van der Waals surface area contributed by atoms with Crippen LogP contribution in [0.15, 0.2) is 48.2 Å². The average Bonchev–Trinajstić information content (AvgIpc) is 3.07. The SMILES string of the molecule is CC1C2=C(CCN1C(=O)c1ccc(Cl)cc1F)N(c1cnccn1)NN2. The van der Waals surface area contributed by atoms with Gasteiger partial charge >= 0.3 is 0 Å². The van der Waals surface area contributed by atoms with E-state index in [1.807, 2.05) is 11.9 Å². The van der Waals surface area contributed by atoms with Gasteiger partial charge in [0.25, 0.3) is 5.91 Å². The van der Waals surface area contributed by atoms with E-state index in [0.717, 1.165) is 17.5 Å². The van der Waals surface area contributed by atoms with Gasteiger partial charge in [-0.05, 0) is 25.1 Å². The zero-order chi connectivity index (χ0) is 18.3. The van der Waals surface area contributed by atoms with Crippen molar-refractivity contribution in [2.24, 2.45) is 0 Å². The summed E-state index contributed by atoms with van der Waals surface area (Å²) in [5.41, 5.74) is 7.99. The van der Waals surface area contributed by atoms with Crippen molar-refractivity contribution >= 4 is 23.3 Å². The first-order valence-electron chi connectivity index (χ1n) is 8.13. The molecule has 0 spiro atoms. The maximum absolute atomic E-state index is 14.1. The lowest BCUT2D eigenvalue weighted by molar-refractivity contribution is 0.0698. The summed E-state index contributed by atoms with van der Waals surface area (Å²) in [5.74, 6) is -0.327. The lowest BCUT2D eigenvalue weighted by Gasteiger charge is -2.34. The van der Waals surface area contributed by atoms with Crippen LogP contribution in [0.4, 0.5) is 10.2 Å². The maximum Gasteiger partial charge on any atom is 0.257 e. The summed E-state index contributed by atoms with van der Waals surface area (Å²) < 4.78 is 14.1. The lowest BCUT2D eigenvalue weighted by atomic mass is 10.0. The van der Waals surface area contributed by atoms with Gasteiger partial charge in [-0.15, -0.1) is 5.53 Å². The minimum Gasteiger partial charge on any atom is -0.330 e. The molecule has 134 valence electrons. The van der Waals surface area contributed by atoms with Crippen molar-refractivity contribution in [3.05, 3.63) is 64.6 Å². The second-order valence-electron chi connectivity index (χ2n) is 6.04. The van der Waals surface area contributed by atoms with Gasteiger partial charge in [0.2, 0.25) is 0 Å². The molecule has 0 radical (unpaired) electrons. The van der Waals surface area contributed by atoms with E-state index in [2.05, 4.69) is 20.9 Å². The van der Waals surface area contributed by atoms with E-state index in [-0.39, 0.29) is 22.5 Å². The van der Waals surface area contributed by atoms with Crippen LogP contribution in [0.25, 0.3) is 0 Å². The molecule has 0 saturated heterocycles. The van der Waals surface area contributed by atoms with Crippen molar-refractivity contribution in [2.75, 3.05) is 11.6 Å². The Morgan fingerprint density at radius 2 is 2.23 bits per heavy atom. The van der Waals surface area contributed by atoms with Crippen LogP contribution in [-0.2, 0) is 0 Å². The summed E-state index contributed by atoms with van der Waals surface area (Å²) in [6.07, 6.45) is 5.46. The number of amides is 1. The first-order chi connectivity index (χ1) is 12.6. The molecular weight excluding hydrogens is 359 g/mol. The van der Waals surface area contributed by atoms with Gasteiger partial charge in [-0.3, -0.25) is 9.78 Å². The van der Waals surface area contributed by atoms with E-state index in [1.165, 1.54) is 12.1 Å². The fraction of sp³-hybridized carbons (Fsp3) is 0.235. The summed E-state index contributed by atoms with van der Waals surface area (Å²) in [7, 11) is 0. The van der Waals surface area contributed by atoms with E-state index < -0.39 is 5.82 Å². The summed E-state index contributed by atoms with van der Waals surface area (Å²) in [5, 5.41) is 2.07. The predicted molar refractivity (Wildman–Crippen MR) is 94.3 cm³/mol. The highest BCUT2D eigenvalue weighted by molar-refractivity contribution is 6.30. The molecule has 9 heteroatoms. The Balaban J connectivity index is 1.61. The molecule has 4 rings (SSSR count). The highest BCUT2D eigenvalue weighted by Gasteiger charge is 2.37. The zero-order valence-corrected chi connectivity index (χ0v) is 14.7. The molecule has 0 aliphatic carbocycles. The van der Waals surface area contributed by atoms with Crippen LogP contribution >= 0.6 is 11.6 Å². The van der Waals surface area contributed by atoms with Crippen molar-refractivity contribution < 1.29 is 9.18 Å². The van der Waals surface area contributed by atoms with E-state index in [1.54, 1.807) is 23.5 Å². The van der Waals surface area contributed by atoms with E-state index in [0.29, 0.717) is 18.8 Å². The number of carbonyl (C=O) groups is 1. The number of hydrogen-bond donors (Lipinski definition) is 2. The summed E-state index contributed by atoms with van der Waals surface area (Å²) in [6, 6.07) is 3.83. The highest BCUT2D eigenvalue weighted by Crippen LogP contribution is 2.30. The van der Waals surface area contributed by atoms with Crippen LogP contribution in [-0.4, -0.2) is 33.4 Å². The van der Waals surface area contributed by atoms with Gasteiger partial charge in [-0.2, -0.15) is 0 Å². The molecule has 1 amide bonds. The fourth-order valence-corrected chi connectivity index (χ4v) is 3.40. The van der Waals surface area contributed by atoms with Crippen LogP contribution < -0.4 is 16.0 Å². The van der Waals surface area contributed by atoms with Gasteiger partial charge in [0, 0.05) is 30.4 Å². The Labute approximate surface area is 154 Å². The minimum absolute atomic E-state index is 0.0158. The highest BCUT2D eigenvalue weighted by atomic mass is 35.5. The van der Waals surface area contributed by atoms with Crippen molar-refractivity contribution in [1.29, 1.82) is 0 Å². The predicted octanol–water partition coefficient (Wildman–Crippen LogP) is 2.24. The Bertz CT molecular complexity index is 890. The Morgan fingerprint density at radius 1 is 1.38 bits per heavy atom. The summed E-state index contributed by atoms with van der Waals surface area (Å²) in [6.45, 7) is 2.36. The van der Waals surface area contributed by atoms with Crippen molar-refractivity contribution in [2.45, 2.75) is 19.4 Å². The number of nitrogens with zero attached hydrogens (tertiary/aromatic N) is 4. The van der Waals surface area contributed by atoms with Gasteiger partial charge < -0.3 is 10.3 Å². The van der Waals surface area contributed by atoms with Crippen molar-refractivity contribution in [1.82, 2.24) is 25.8 Å². The van der Waals surface area contributed by atoms with Crippen LogP contribution in [0.3, 0.4) is 0 Å². The van der Waals surface area contributed by atoms with Gasteiger partial charge in [-0.25, -0.2) is 14.4 Å². The maximum atomic E-state index is 14.1. The second-order valence-corrected chi connectivity index (χ2v) is 6.48. The number of anilines is 1. The van der Waals surface area contributed by atoms with Crippen LogP contribution in [0.1, 0.15) is 23.7 Å². The number of nitrogens with one attached hydrogen (secondary N) is 2. The molecule has 3 heterocycles. The Kier molecular flexibility index (Phi) is 4.21. The molecule has 2 N–H and O–H groups in total. The third kappa shape index (κ3) is 2.77. The summed E-state index contributed by atoms with van der Waals surface area (Å²) in [4.78, 5) is 22.8. The molecule has 0 saturated carbocycles. The monoisotopic (exact) mass is 374 g/mol. The van der Waals surface area contributed by atoms with Crippen LogP contribution in [0, 0.1) is 5.82 Å². The fourth-order valence-electron chi connectivity index (χ4n) is 3.24. The number of aromatic nitrogens is 2. The van der Waals surface area contributed by atoms with E-state index in [4.69, 9.17) is 11.6 Å². The number of carbonyl (C=O) groups excluding carboxylic acids is 1. The number of hydrogen-bond acceptors (Lipinski definition) is 6. The number of benzene rings is 1. The lowest BCUT2D eigenvalue weighted by Crippen LogP contribution is -2.46. The van der Waals surface area contributed by atoms with E-state index in [9.17, 15) is 9.18 Å². The molecule has 0 fully saturated rings. The van der Waals surface area contributed by atoms with Gasteiger partial charge in [0.15, 0.2) is 5.82 Å². The number of hydrazine groups is 2. The smallest absolute Gasteiger partial charge is 0.257 e. The average molecular weight is 375 g/mol. The second kappa shape index (κ2) is 6.54. The van der Waals surface area contributed by atoms with Gasteiger partial charge in [0.1, 0.15) is 5.82 Å². The van der Waals surface area contributed by atoms with Crippen molar-refractivity contribution in [3.8, 4) is 0 Å². The first kappa shape index (κ1) is 16.7. The molecule has 2 aromatic rings. The molecule has 1 aromatic carbocycles. The molecule has 1 aromatic heterocycles. The molecule has 26 heavy (non-hydrogen) atoms. The molecule has 0 bridgehead atoms. The standard InChI is InChI=1S/C17H16ClFN6O/c1-10-16-14(25(23-22-16)15-9-20-5-6-21-15)4-7-24(10)17(26)12-3-2-11(18)8-13(12)19/h2-3,5-6,8-10,22-23H,4,7H2,1H3. The molecule has 2 aliphatic rings. The van der Waals surface area contributed by atoms with Gasteiger partial charge in [0.05, 0.1) is 29.2 Å². The number of halogens is 2. The van der Waals surface area contributed by atoms with Gasteiger partial charge in [-0.1, -0.05) is 11.6 Å². The Morgan fingerprint density at radius 3 is 2.96 bits per heavy atom. The normalized spacial score (nSPS) is 19.4. The third-order valence-corrected chi connectivity index (χ3v) is 4.79. The minimum atomic E-state index is -0.617. The van der Waals surface area contributed by atoms with Crippen LogP contribution in [0.5, 0.6) is 0 Å². The van der Waals surface area contributed by atoms with Crippen LogP contribution in [0.2, 0.25) is 5.02 Å². The zero-order valence-electron chi connectivity index (χ0n) is 13.9. The van der Waals surface area contributed by atoms with Crippen molar-refractivity contribution in [3.63, 3.8) is 0 Å². The molecular formula is C17H16ClFN6O.